The molecule has 0 aliphatic carbocycles. The van der Waals surface area contributed by atoms with Crippen LogP contribution in [0.5, 0.6) is 0 Å². The molecule has 1 aliphatic heterocycles. The molecule has 1 heterocycles. The first kappa shape index (κ1) is 15.6. The molecule has 0 spiro atoms. The molecule has 0 aromatic heterocycles. The number of nitrogens with one attached hydrogen (secondary N) is 1. The summed E-state index contributed by atoms with van der Waals surface area (Å²) in [6.07, 6.45) is 0.237. The number of benzene rings is 2. The standard InChI is InChI=1S/C17H15FN2O2S/c18-12-5-1-4-8-15(12)23-10-9-17(22)20-11-16(21)19-13-6-2-3-7-14(13)20/h1-8H,9-11H2,(H,19,21). The molecule has 118 valence electrons. The summed E-state index contributed by atoms with van der Waals surface area (Å²) in [5.41, 5.74) is 1.34. The van der Waals surface area contributed by atoms with Gasteiger partial charge < -0.3 is 10.2 Å². The molecule has 4 nitrogen and oxygen atoms in total. The van der Waals surface area contributed by atoms with Crippen molar-refractivity contribution in [3.05, 3.63) is 54.3 Å². The Morgan fingerprint density at radius 2 is 1.91 bits per heavy atom. The van der Waals surface area contributed by atoms with E-state index in [1.807, 2.05) is 6.07 Å². The number of anilines is 2. The average molecular weight is 330 g/mol. The lowest BCUT2D eigenvalue weighted by atomic mass is 10.2. The molecule has 0 bridgehead atoms. The number of carbonyl (C=O) groups excluding carboxylic acids is 2. The fourth-order valence-electron chi connectivity index (χ4n) is 2.40. The van der Waals surface area contributed by atoms with Crippen molar-refractivity contribution in [1.29, 1.82) is 0 Å². The van der Waals surface area contributed by atoms with Gasteiger partial charge in [0.1, 0.15) is 12.4 Å². The van der Waals surface area contributed by atoms with Gasteiger partial charge in [-0.25, -0.2) is 4.39 Å². The van der Waals surface area contributed by atoms with E-state index in [0.717, 1.165) is 0 Å². The Balaban J connectivity index is 1.65. The van der Waals surface area contributed by atoms with Crippen LogP contribution in [0.15, 0.2) is 53.4 Å². The van der Waals surface area contributed by atoms with Crippen molar-refractivity contribution in [3.63, 3.8) is 0 Å². The van der Waals surface area contributed by atoms with Crippen molar-refractivity contribution in [2.45, 2.75) is 11.3 Å². The minimum atomic E-state index is -0.285. The second-order valence-corrected chi connectivity index (χ2v) is 6.21. The van der Waals surface area contributed by atoms with Gasteiger partial charge in [0.05, 0.1) is 11.4 Å². The highest BCUT2D eigenvalue weighted by atomic mass is 32.2. The second-order valence-electron chi connectivity index (χ2n) is 5.07. The Bertz CT molecular complexity index is 751. The van der Waals surface area contributed by atoms with Gasteiger partial charge in [-0.15, -0.1) is 11.8 Å². The van der Waals surface area contributed by atoms with Gasteiger partial charge in [-0.2, -0.15) is 0 Å². The molecular formula is C17H15FN2O2S. The monoisotopic (exact) mass is 330 g/mol. The van der Waals surface area contributed by atoms with Gasteiger partial charge in [0, 0.05) is 17.1 Å². The number of halogens is 1. The van der Waals surface area contributed by atoms with Crippen LogP contribution in [0.3, 0.4) is 0 Å². The van der Waals surface area contributed by atoms with Crippen LogP contribution in [0.4, 0.5) is 15.8 Å². The molecule has 2 amide bonds. The average Bonchev–Trinajstić information content (AvgIpc) is 2.55. The molecule has 0 unspecified atom stereocenters. The quantitative estimate of drug-likeness (QED) is 0.875. The van der Waals surface area contributed by atoms with E-state index < -0.39 is 0 Å². The highest BCUT2D eigenvalue weighted by Crippen LogP contribution is 2.30. The molecule has 2 aromatic carbocycles. The van der Waals surface area contributed by atoms with Crippen LogP contribution in [-0.4, -0.2) is 24.1 Å². The Morgan fingerprint density at radius 1 is 1.17 bits per heavy atom. The lowest BCUT2D eigenvalue weighted by molar-refractivity contribution is -0.121. The highest BCUT2D eigenvalue weighted by Gasteiger charge is 2.26. The number of hydrogen-bond acceptors (Lipinski definition) is 3. The zero-order valence-corrected chi connectivity index (χ0v) is 13.1. The largest absolute Gasteiger partial charge is 0.323 e. The Hall–Kier alpha value is -2.34. The summed E-state index contributed by atoms with van der Waals surface area (Å²) in [6.45, 7) is 0.0141. The fourth-order valence-corrected chi connectivity index (χ4v) is 3.28. The lowest BCUT2D eigenvalue weighted by Gasteiger charge is -2.29. The van der Waals surface area contributed by atoms with E-state index in [1.165, 1.54) is 22.7 Å². The highest BCUT2D eigenvalue weighted by molar-refractivity contribution is 7.99. The van der Waals surface area contributed by atoms with Gasteiger partial charge in [-0.05, 0) is 24.3 Å². The summed E-state index contributed by atoms with van der Waals surface area (Å²) in [7, 11) is 0. The first-order valence-corrected chi connectivity index (χ1v) is 8.20. The number of rotatable bonds is 4. The summed E-state index contributed by atoms with van der Waals surface area (Å²) >= 11 is 1.30. The van der Waals surface area contributed by atoms with Crippen LogP contribution in [0.1, 0.15) is 6.42 Å². The first-order valence-electron chi connectivity index (χ1n) is 7.22. The maximum absolute atomic E-state index is 13.5. The van der Waals surface area contributed by atoms with E-state index in [-0.39, 0.29) is 30.6 Å². The molecule has 0 atom stereocenters. The molecule has 0 fully saturated rings. The lowest BCUT2D eigenvalue weighted by Crippen LogP contribution is -2.42. The summed E-state index contributed by atoms with van der Waals surface area (Å²) < 4.78 is 13.5. The third kappa shape index (κ3) is 3.53. The minimum Gasteiger partial charge on any atom is -0.323 e. The molecule has 23 heavy (non-hydrogen) atoms. The number of nitrogens with zero attached hydrogens (tertiary/aromatic N) is 1. The summed E-state index contributed by atoms with van der Waals surface area (Å²) in [5.74, 6) is -0.178. The van der Waals surface area contributed by atoms with E-state index in [1.54, 1.807) is 36.4 Å². The van der Waals surface area contributed by atoms with Crippen LogP contribution >= 0.6 is 11.8 Å². The number of fused-ring (bicyclic) bond motifs is 1. The predicted molar refractivity (Wildman–Crippen MR) is 89.2 cm³/mol. The Kier molecular flexibility index (Phi) is 4.62. The predicted octanol–water partition coefficient (Wildman–Crippen LogP) is 3.29. The number of thioether (sulfide) groups is 1. The van der Waals surface area contributed by atoms with Crippen molar-refractivity contribution in [3.8, 4) is 0 Å². The topological polar surface area (TPSA) is 49.4 Å². The van der Waals surface area contributed by atoms with Gasteiger partial charge in [-0.1, -0.05) is 24.3 Å². The number of amides is 2. The minimum absolute atomic E-state index is 0.0141. The fraction of sp³-hybridized carbons (Fsp3) is 0.176. The van der Waals surface area contributed by atoms with Crippen LogP contribution in [0, 0.1) is 5.82 Å². The third-order valence-electron chi connectivity index (χ3n) is 3.48. The van der Waals surface area contributed by atoms with Crippen molar-refractivity contribution >= 4 is 35.0 Å². The second kappa shape index (κ2) is 6.83. The van der Waals surface area contributed by atoms with Crippen molar-refractivity contribution < 1.29 is 14.0 Å². The normalized spacial score (nSPS) is 13.4. The molecule has 6 heteroatoms. The van der Waals surface area contributed by atoms with Crippen molar-refractivity contribution in [2.24, 2.45) is 0 Å². The summed E-state index contributed by atoms with van der Waals surface area (Å²) in [5, 5.41) is 2.75. The van der Waals surface area contributed by atoms with Crippen LogP contribution in [0.25, 0.3) is 0 Å². The molecule has 0 saturated heterocycles. The van der Waals surface area contributed by atoms with Crippen molar-refractivity contribution in [2.75, 3.05) is 22.5 Å². The number of hydrogen-bond donors (Lipinski definition) is 1. The SMILES string of the molecule is O=C1CN(C(=O)CCSc2ccccc2F)c2ccccc2N1. The van der Waals surface area contributed by atoms with Gasteiger partial charge in [-0.3, -0.25) is 9.59 Å². The van der Waals surface area contributed by atoms with Gasteiger partial charge >= 0.3 is 0 Å². The molecule has 2 aromatic rings. The van der Waals surface area contributed by atoms with Crippen molar-refractivity contribution in [1.82, 2.24) is 0 Å². The van der Waals surface area contributed by atoms with E-state index in [0.29, 0.717) is 22.0 Å². The molecule has 0 saturated carbocycles. The van der Waals surface area contributed by atoms with Crippen LogP contribution in [0.2, 0.25) is 0 Å². The molecular weight excluding hydrogens is 315 g/mol. The summed E-state index contributed by atoms with van der Waals surface area (Å²) in [4.78, 5) is 26.1. The van der Waals surface area contributed by atoms with E-state index in [4.69, 9.17) is 0 Å². The zero-order valence-electron chi connectivity index (χ0n) is 12.3. The smallest absolute Gasteiger partial charge is 0.244 e. The molecule has 1 aliphatic rings. The van der Waals surface area contributed by atoms with E-state index in [2.05, 4.69) is 5.32 Å². The molecule has 0 radical (unpaired) electrons. The maximum atomic E-state index is 13.5. The van der Waals surface area contributed by atoms with Gasteiger partial charge in [0.25, 0.3) is 0 Å². The number of carbonyl (C=O) groups is 2. The Labute approximate surface area is 137 Å². The maximum Gasteiger partial charge on any atom is 0.244 e. The third-order valence-corrected chi connectivity index (χ3v) is 4.53. The number of para-hydroxylation sites is 2. The van der Waals surface area contributed by atoms with E-state index >= 15 is 0 Å². The molecule has 1 N–H and O–H groups in total. The zero-order chi connectivity index (χ0) is 16.2. The summed E-state index contributed by atoms with van der Waals surface area (Å²) in [6, 6.07) is 13.7. The van der Waals surface area contributed by atoms with Gasteiger partial charge in [0.15, 0.2) is 0 Å². The van der Waals surface area contributed by atoms with Crippen LogP contribution < -0.4 is 10.2 Å². The molecule has 3 rings (SSSR count). The van der Waals surface area contributed by atoms with Gasteiger partial charge in [0.2, 0.25) is 11.8 Å². The van der Waals surface area contributed by atoms with E-state index in [9.17, 15) is 14.0 Å². The Morgan fingerprint density at radius 3 is 2.74 bits per heavy atom. The first-order chi connectivity index (χ1) is 11.1. The van der Waals surface area contributed by atoms with Crippen LogP contribution in [-0.2, 0) is 9.59 Å².